The summed E-state index contributed by atoms with van der Waals surface area (Å²) >= 11 is 8.01. The first-order chi connectivity index (χ1) is 32.3. The van der Waals surface area contributed by atoms with Crippen molar-refractivity contribution in [1.82, 2.24) is 41.8 Å². The van der Waals surface area contributed by atoms with Crippen molar-refractivity contribution in [2.45, 2.75) is 114 Å². The lowest BCUT2D eigenvalue weighted by molar-refractivity contribution is -0.146. The number of aliphatic carboxylic acids is 2. The molecule has 7 amide bonds. The number of amides is 7. The van der Waals surface area contributed by atoms with Crippen molar-refractivity contribution in [3.05, 3.63) is 71.9 Å². The summed E-state index contributed by atoms with van der Waals surface area (Å²) in [5.41, 5.74) is 7.65. The fourth-order valence-corrected chi connectivity index (χ4v) is 8.03. The van der Waals surface area contributed by atoms with Gasteiger partial charge in [-0.3, -0.25) is 38.4 Å². The van der Waals surface area contributed by atoms with Crippen LogP contribution in [-0.2, 0) is 56.0 Å². The maximum atomic E-state index is 14.3. The molecule has 4 rings (SSSR count). The van der Waals surface area contributed by atoms with Crippen LogP contribution in [0.2, 0.25) is 0 Å². The number of nitrogens with one attached hydrogen (secondary N) is 7. The lowest BCUT2D eigenvalue weighted by Crippen LogP contribution is -2.62. The Bertz CT molecular complexity index is 2280. The van der Waals surface area contributed by atoms with Crippen LogP contribution in [0.4, 0.5) is 0 Å². The monoisotopic (exact) mass is 983 g/mol. The van der Waals surface area contributed by atoms with E-state index in [1.54, 1.807) is 74.6 Å². The summed E-state index contributed by atoms with van der Waals surface area (Å²) in [4.78, 5) is 125. The van der Waals surface area contributed by atoms with Gasteiger partial charge in [0.2, 0.25) is 41.4 Å². The lowest BCUT2D eigenvalue weighted by atomic mass is 9.96. The normalized spacial score (nSPS) is 17.5. The number of fused-ring (bicyclic) bond motifs is 1. The van der Waals surface area contributed by atoms with Crippen LogP contribution < -0.4 is 37.6 Å². The van der Waals surface area contributed by atoms with Gasteiger partial charge in [0.15, 0.2) is 0 Å². The Morgan fingerprint density at radius 1 is 0.735 bits per heavy atom. The van der Waals surface area contributed by atoms with Crippen LogP contribution in [0.5, 0.6) is 0 Å². The Morgan fingerprint density at radius 3 is 1.91 bits per heavy atom. The Kier molecular flexibility index (Phi) is 20.7. The van der Waals surface area contributed by atoms with E-state index < -0.39 is 120 Å². The van der Waals surface area contributed by atoms with Gasteiger partial charge >= 0.3 is 11.9 Å². The maximum Gasteiger partial charge on any atom is 0.327 e. The van der Waals surface area contributed by atoms with Gasteiger partial charge in [-0.25, -0.2) is 4.79 Å². The van der Waals surface area contributed by atoms with Gasteiger partial charge in [0.1, 0.15) is 42.3 Å². The summed E-state index contributed by atoms with van der Waals surface area (Å²) in [6.45, 7) is 4.67. The third-order valence-electron chi connectivity index (χ3n) is 11.7. The molecule has 21 nitrogen and oxygen atoms in total. The molecule has 1 aliphatic heterocycles. The van der Waals surface area contributed by atoms with Crippen LogP contribution >= 0.6 is 25.3 Å². The second kappa shape index (κ2) is 25.8. The number of hydrogen-bond acceptors (Lipinski definition) is 13. The van der Waals surface area contributed by atoms with Crippen molar-refractivity contribution in [2.24, 2.45) is 11.7 Å². The van der Waals surface area contributed by atoms with Crippen LogP contribution in [0.25, 0.3) is 10.9 Å². The van der Waals surface area contributed by atoms with Gasteiger partial charge in [-0.05, 0) is 42.9 Å². The Labute approximate surface area is 403 Å². The number of thiol groups is 2. The summed E-state index contributed by atoms with van der Waals surface area (Å²) in [5, 5.41) is 45.8. The van der Waals surface area contributed by atoms with Gasteiger partial charge in [-0.1, -0.05) is 68.8 Å². The predicted octanol–water partition coefficient (Wildman–Crippen LogP) is -0.974. The first kappa shape index (κ1) is 54.4. The molecule has 370 valence electrons. The van der Waals surface area contributed by atoms with E-state index in [1.807, 2.05) is 0 Å². The molecule has 10 atom stereocenters. The molecule has 0 radical (unpaired) electrons. The fraction of sp³-hybridized carbons (Fsp3) is 0.489. The van der Waals surface area contributed by atoms with E-state index in [-0.39, 0.29) is 43.7 Å². The van der Waals surface area contributed by atoms with Crippen LogP contribution in [0.1, 0.15) is 57.6 Å². The fourth-order valence-electron chi connectivity index (χ4n) is 7.62. The summed E-state index contributed by atoms with van der Waals surface area (Å²) in [5.74, 6) is -9.73. The maximum absolute atomic E-state index is 14.3. The third kappa shape index (κ3) is 14.9. The number of rotatable bonds is 25. The molecule has 2 aromatic carbocycles. The minimum Gasteiger partial charge on any atom is -0.481 e. The number of nitrogens with two attached hydrogens (primary N) is 1. The van der Waals surface area contributed by atoms with E-state index in [2.05, 4.69) is 62.1 Å². The molecule has 23 heteroatoms. The van der Waals surface area contributed by atoms with Gasteiger partial charge in [0.05, 0.1) is 18.6 Å². The molecule has 1 saturated heterocycles. The first-order valence-electron chi connectivity index (χ1n) is 22.1. The average molecular weight is 984 g/mol. The second-order valence-electron chi connectivity index (χ2n) is 16.7. The molecule has 68 heavy (non-hydrogen) atoms. The summed E-state index contributed by atoms with van der Waals surface area (Å²) in [6.07, 6.45) is -0.281. The van der Waals surface area contributed by atoms with Crippen molar-refractivity contribution in [3.8, 4) is 0 Å². The number of carbonyl (C=O) groups is 9. The van der Waals surface area contributed by atoms with E-state index in [4.69, 9.17) is 5.73 Å². The second-order valence-corrected chi connectivity index (χ2v) is 17.4. The standard InChI is InChI=1S/C45H61N9O12S2/c1-4-23(2)36(42(62)48-30(17-25-11-6-5-7-12-25)39(59)51-33(22-68)45(65)66)52-41(61)34-15-10-16-54(34)44(64)32(19-35(56)57)50-40(60)31(18-26-20-47-29-14-9-8-13-27(26)29)49-43(63)37(24(3)55)53-38(58)28(46)21-67/h5-9,11-14,20,23-24,28,30-34,36-37,47,55,67-68H,4,10,15-19,21-22,46H2,1-3H3,(H,48,62)(H,49,63)(H,50,60)(H,51,59)(H,52,61)(H,53,58)(H,56,57)(H,65,66)/t23-,24+,28-,30-,31-,32-,33-,34-,36-,37-/m0/s1. The largest absolute Gasteiger partial charge is 0.481 e. The minimum absolute atomic E-state index is 0.0298. The molecular formula is C45H61N9O12S2. The molecule has 0 aliphatic carbocycles. The SMILES string of the molecule is CC[C@H](C)[C@H](NC(=O)[C@@H]1CCCN1C(=O)[C@H](CC(=O)O)NC(=O)[C@H](Cc1c[nH]c2ccccc12)NC(=O)[C@@H](NC(=O)[C@@H](N)CS)[C@@H](C)O)C(=O)N[C@@H](Cc1ccccc1)C(=O)N[C@@H](CS)C(=O)O. The zero-order valence-electron chi connectivity index (χ0n) is 37.8. The predicted molar refractivity (Wildman–Crippen MR) is 255 cm³/mol. The number of H-pyrrole nitrogens is 1. The first-order valence-corrected chi connectivity index (χ1v) is 23.4. The molecule has 0 unspecified atom stereocenters. The summed E-state index contributed by atoms with van der Waals surface area (Å²) in [6, 6.07) is 4.58. The molecule has 12 N–H and O–H groups in total. The van der Waals surface area contributed by atoms with Crippen LogP contribution in [0.15, 0.2) is 60.8 Å². The van der Waals surface area contributed by atoms with Crippen molar-refractivity contribution >= 4 is 89.4 Å². The number of benzene rings is 2. The summed E-state index contributed by atoms with van der Waals surface area (Å²) in [7, 11) is 0. The third-order valence-corrected chi connectivity index (χ3v) is 12.4. The Hall–Kier alpha value is -6.17. The number of para-hydroxylation sites is 1. The molecular weight excluding hydrogens is 923 g/mol. The Balaban J connectivity index is 1.58. The number of aromatic nitrogens is 1. The zero-order chi connectivity index (χ0) is 50.2. The highest BCUT2D eigenvalue weighted by Crippen LogP contribution is 2.22. The molecule has 0 bridgehead atoms. The number of hydrogen-bond donors (Lipinski definition) is 13. The number of aliphatic hydroxyl groups is 1. The highest BCUT2D eigenvalue weighted by Gasteiger charge is 2.42. The number of carboxylic acid groups (broad SMARTS) is 2. The molecule has 1 aliphatic rings. The van der Waals surface area contributed by atoms with Gasteiger partial charge < -0.3 is 62.8 Å². The van der Waals surface area contributed by atoms with Crippen LogP contribution in [0, 0.1) is 5.92 Å². The number of aromatic amines is 1. The highest BCUT2D eigenvalue weighted by atomic mass is 32.1. The van der Waals surface area contributed by atoms with Gasteiger partial charge in [-0.15, -0.1) is 0 Å². The number of carbonyl (C=O) groups excluding carboxylic acids is 7. The van der Waals surface area contributed by atoms with E-state index >= 15 is 0 Å². The van der Waals surface area contributed by atoms with Crippen molar-refractivity contribution in [2.75, 3.05) is 18.1 Å². The van der Waals surface area contributed by atoms with E-state index in [9.17, 15) is 58.5 Å². The zero-order valence-corrected chi connectivity index (χ0v) is 39.6. The molecule has 0 spiro atoms. The molecule has 1 fully saturated rings. The van der Waals surface area contributed by atoms with Crippen molar-refractivity contribution in [1.29, 1.82) is 0 Å². The van der Waals surface area contributed by atoms with Crippen molar-refractivity contribution < 1.29 is 58.5 Å². The minimum atomic E-state index is -1.77. The Morgan fingerprint density at radius 2 is 1.32 bits per heavy atom. The van der Waals surface area contributed by atoms with Gasteiger partial charge in [0.25, 0.3) is 0 Å². The van der Waals surface area contributed by atoms with Gasteiger partial charge in [-0.2, -0.15) is 25.3 Å². The number of carboxylic acids is 2. The van der Waals surface area contributed by atoms with Crippen LogP contribution in [0.3, 0.4) is 0 Å². The molecule has 2 heterocycles. The molecule has 3 aromatic rings. The number of aliphatic hydroxyl groups excluding tert-OH is 1. The van der Waals surface area contributed by atoms with E-state index in [1.165, 1.54) is 6.92 Å². The number of likely N-dealkylation sites (tertiary alicyclic amines) is 1. The van der Waals surface area contributed by atoms with E-state index in [0.717, 1.165) is 4.90 Å². The quantitative estimate of drug-likeness (QED) is 0.0455. The lowest BCUT2D eigenvalue weighted by Gasteiger charge is -2.32. The molecule has 1 aromatic heterocycles. The van der Waals surface area contributed by atoms with E-state index in [0.29, 0.717) is 28.5 Å². The molecule has 0 saturated carbocycles. The topological polar surface area (TPSA) is 332 Å². The van der Waals surface area contributed by atoms with Crippen LogP contribution in [-0.4, -0.2) is 151 Å². The smallest absolute Gasteiger partial charge is 0.327 e. The summed E-state index contributed by atoms with van der Waals surface area (Å²) < 4.78 is 0. The highest BCUT2D eigenvalue weighted by molar-refractivity contribution is 7.80. The van der Waals surface area contributed by atoms with Gasteiger partial charge in [0, 0.05) is 48.0 Å². The van der Waals surface area contributed by atoms with Crippen molar-refractivity contribution in [3.63, 3.8) is 0 Å². The average Bonchev–Trinajstić information content (AvgIpc) is 3.98. The number of nitrogens with zero attached hydrogens (tertiary/aromatic N) is 1.